The molecule has 1 aromatic carbocycles. The summed E-state index contributed by atoms with van der Waals surface area (Å²) in [6.07, 6.45) is 1.27. The molecule has 0 aliphatic carbocycles. The SMILES string of the molecule is CCCNC(=O)CCN(c1ccc(F)c(F)c1F)S(C)(=O)=O. The van der Waals surface area contributed by atoms with E-state index in [0.29, 0.717) is 23.3 Å². The third kappa shape index (κ3) is 4.62. The predicted molar refractivity (Wildman–Crippen MR) is 76.4 cm³/mol. The van der Waals surface area contributed by atoms with Gasteiger partial charge in [0, 0.05) is 19.5 Å². The van der Waals surface area contributed by atoms with Gasteiger partial charge in [-0.2, -0.15) is 0 Å². The Morgan fingerprint density at radius 2 is 1.86 bits per heavy atom. The van der Waals surface area contributed by atoms with Gasteiger partial charge in [0.25, 0.3) is 0 Å². The van der Waals surface area contributed by atoms with Crippen molar-refractivity contribution >= 4 is 21.6 Å². The molecule has 0 saturated heterocycles. The van der Waals surface area contributed by atoms with E-state index in [-0.39, 0.29) is 13.0 Å². The number of hydrogen-bond donors (Lipinski definition) is 1. The Morgan fingerprint density at radius 3 is 2.41 bits per heavy atom. The zero-order valence-corrected chi connectivity index (χ0v) is 13.0. The predicted octanol–water partition coefficient (Wildman–Crippen LogP) is 1.79. The second-order valence-corrected chi connectivity index (χ2v) is 6.54. The van der Waals surface area contributed by atoms with Crippen molar-refractivity contribution in [2.24, 2.45) is 0 Å². The number of anilines is 1. The summed E-state index contributed by atoms with van der Waals surface area (Å²) in [7, 11) is -3.96. The lowest BCUT2D eigenvalue weighted by Crippen LogP contribution is -2.35. The average molecular weight is 338 g/mol. The first-order chi connectivity index (χ1) is 10.2. The smallest absolute Gasteiger partial charge is 0.232 e. The van der Waals surface area contributed by atoms with Crippen LogP contribution in [0.4, 0.5) is 18.9 Å². The van der Waals surface area contributed by atoms with Crippen LogP contribution >= 0.6 is 0 Å². The van der Waals surface area contributed by atoms with Gasteiger partial charge >= 0.3 is 0 Å². The van der Waals surface area contributed by atoms with Crippen molar-refractivity contribution in [2.75, 3.05) is 23.7 Å². The Bertz CT molecular complexity index is 650. The van der Waals surface area contributed by atoms with E-state index in [1.807, 2.05) is 6.92 Å². The van der Waals surface area contributed by atoms with Gasteiger partial charge < -0.3 is 5.32 Å². The Balaban J connectivity index is 3.01. The monoisotopic (exact) mass is 338 g/mol. The van der Waals surface area contributed by atoms with Crippen LogP contribution in [0.3, 0.4) is 0 Å². The van der Waals surface area contributed by atoms with E-state index < -0.39 is 39.1 Å². The molecule has 0 aliphatic rings. The Kier molecular flexibility index (Phi) is 6.21. The van der Waals surface area contributed by atoms with Gasteiger partial charge in [-0.1, -0.05) is 6.92 Å². The highest BCUT2D eigenvalue weighted by molar-refractivity contribution is 7.92. The number of rotatable bonds is 7. The third-order valence-corrected chi connectivity index (χ3v) is 3.98. The molecule has 1 aromatic rings. The highest BCUT2D eigenvalue weighted by Gasteiger charge is 2.25. The standard InChI is InChI=1S/C13H17F3N2O3S/c1-3-7-17-11(19)6-8-18(22(2,20)21)10-5-4-9(14)12(15)13(10)16/h4-5H,3,6-8H2,1-2H3,(H,17,19). The van der Waals surface area contributed by atoms with E-state index in [9.17, 15) is 26.4 Å². The number of benzene rings is 1. The molecule has 0 heterocycles. The van der Waals surface area contributed by atoms with Crippen LogP contribution in [0.5, 0.6) is 0 Å². The molecule has 0 aliphatic heterocycles. The molecule has 0 radical (unpaired) electrons. The fourth-order valence-corrected chi connectivity index (χ4v) is 2.65. The number of carbonyl (C=O) groups excluding carboxylic acids is 1. The number of amides is 1. The average Bonchev–Trinajstić information content (AvgIpc) is 2.43. The maximum absolute atomic E-state index is 13.7. The van der Waals surface area contributed by atoms with Crippen molar-refractivity contribution in [3.05, 3.63) is 29.6 Å². The number of carbonyl (C=O) groups is 1. The fraction of sp³-hybridized carbons (Fsp3) is 0.462. The normalized spacial score (nSPS) is 11.3. The third-order valence-electron chi connectivity index (χ3n) is 2.80. The molecule has 0 fully saturated rings. The summed E-state index contributed by atoms with van der Waals surface area (Å²) in [5.41, 5.74) is -0.635. The quantitative estimate of drug-likeness (QED) is 0.771. The molecule has 22 heavy (non-hydrogen) atoms. The first kappa shape index (κ1) is 18.3. The molecule has 0 aromatic heterocycles. The van der Waals surface area contributed by atoms with Crippen LogP contribution in [0, 0.1) is 17.5 Å². The molecule has 0 unspecified atom stereocenters. The number of nitrogens with zero attached hydrogens (tertiary/aromatic N) is 1. The van der Waals surface area contributed by atoms with Gasteiger partial charge in [0.05, 0.1) is 11.9 Å². The van der Waals surface area contributed by atoms with E-state index in [4.69, 9.17) is 0 Å². The van der Waals surface area contributed by atoms with Crippen LogP contribution in [0.1, 0.15) is 19.8 Å². The van der Waals surface area contributed by atoms with E-state index >= 15 is 0 Å². The van der Waals surface area contributed by atoms with Crippen molar-refractivity contribution in [3.63, 3.8) is 0 Å². The van der Waals surface area contributed by atoms with Crippen molar-refractivity contribution in [1.29, 1.82) is 0 Å². The minimum atomic E-state index is -3.96. The van der Waals surface area contributed by atoms with Gasteiger partial charge in [0.15, 0.2) is 17.5 Å². The Labute approximate surface area is 127 Å². The summed E-state index contributed by atoms with van der Waals surface area (Å²) in [6, 6.07) is 1.45. The second kappa shape index (κ2) is 7.48. The topological polar surface area (TPSA) is 66.5 Å². The van der Waals surface area contributed by atoms with Gasteiger partial charge in [-0.15, -0.1) is 0 Å². The molecule has 124 valence electrons. The molecule has 5 nitrogen and oxygen atoms in total. The van der Waals surface area contributed by atoms with Gasteiger partial charge in [0.1, 0.15) is 0 Å². The van der Waals surface area contributed by atoms with E-state index in [0.717, 1.165) is 12.3 Å². The highest BCUT2D eigenvalue weighted by atomic mass is 32.2. The van der Waals surface area contributed by atoms with Gasteiger partial charge in [-0.05, 0) is 18.6 Å². The Hall–Kier alpha value is -1.77. The zero-order valence-electron chi connectivity index (χ0n) is 12.2. The molecular formula is C13H17F3N2O3S. The van der Waals surface area contributed by atoms with Gasteiger partial charge in [-0.3, -0.25) is 9.10 Å². The van der Waals surface area contributed by atoms with Crippen molar-refractivity contribution in [2.45, 2.75) is 19.8 Å². The second-order valence-electron chi connectivity index (χ2n) is 4.63. The first-order valence-corrected chi connectivity index (χ1v) is 8.41. The van der Waals surface area contributed by atoms with Crippen LogP contribution in [0.25, 0.3) is 0 Å². The Morgan fingerprint density at radius 1 is 1.23 bits per heavy atom. The minimum absolute atomic E-state index is 0.231. The lowest BCUT2D eigenvalue weighted by Gasteiger charge is -2.22. The molecule has 0 saturated carbocycles. The highest BCUT2D eigenvalue weighted by Crippen LogP contribution is 2.25. The summed E-state index contributed by atoms with van der Waals surface area (Å²) in [4.78, 5) is 11.5. The van der Waals surface area contributed by atoms with Gasteiger partial charge in [0.2, 0.25) is 15.9 Å². The van der Waals surface area contributed by atoms with E-state index in [1.165, 1.54) is 0 Å². The minimum Gasteiger partial charge on any atom is -0.356 e. The van der Waals surface area contributed by atoms with Crippen LogP contribution in [0.15, 0.2) is 12.1 Å². The maximum Gasteiger partial charge on any atom is 0.232 e. The molecular weight excluding hydrogens is 321 g/mol. The van der Waals surface area contributed by atoms with Crippen LogP contribution < -0.4 is 9.62 Å². The summed E-state index contributed by atoms with van der Waals surface area (Å²) in [6.45, 7) is 1.90. The molecule has 9 heteroatoms. The molecule has 0 spiro atoms. The van der Waals surface area contributed by atoms with E-state index in [1.54, 1.807) is 0 Å². The molecule has 0 atom stereocenters. The lowest BCUT2D eigenvalue weighted by molar-refractivity contribution is -0.120. The van der Waals surface area contributed by atoms with Crippen LogP contribution in [0.2, 0.25) is 0 Å². The van der Waals surface area contributed by atoms with E-state index in [2.05, 4.69) is 5.32 Å². The number of nitrogens with one attached hydrogen (secondary N) is 1. The molecule has 1 N–H and O–H groups in total. The van der Waals surface area contributed by atoms with Crippen LogP contribution in [-0.2, 0) is 14.8 Å². The fourth-order valence-electron chi connectivity index (χ4n) is 1.73. The van der Waals surface area contributed by atoms with Crippen molar-refractivity contribution in [1.82, 2.24) is 5.32 Å². The van der Waals surface area contributed by atoms with Crippen LogP contribution in [-0.4, -0.2) is 33.7 Å². The van der Waals surface area contributed by atoms with Gasteiger partial charge in [-0.25, -0.2) is 21.6 Å². The lowest BCUT2D eigenvalue weighted by atomic mass is 10.2. The van der Waals surface area contributed by atoms with Crippen molar-refractivity contribution < 1.29 is 26.4 Å². The van der Waals surface area contributed by atoms with Crippen molar-refractivity contribution in [3.8, 4) is 0 Å². The number of halogens is 3. The summed E-state index contributed by atoms with van der Waals surface area (Å²) in [5, 5.41) is 2.54. The largest absolute Gasteiger partial charge is 0.356 e. The number of hydrogen-bond acceptors (Lipinski definition) is 3. The number of sulfonamides is 1. The first-order valence-electron chi connectivity index (χ1n) is 6.56. The molecule has 1 amide bonds. The molecule has 0 bridgehead atoms. The zero-order chi connectivity index (χ0) is 16.9. The summed E-state index contributed by atoms with van der Waals surface area (Å²) in [5.74, 6) is -5.21. The summed E-state index contributed by atoms with van der Waals surface area (Å²) >= 11 is 0. The summed E-state index contributed by atoms with van der Waals surface area (Å²) < 4.78 is 63.9. The maximum atomic E-state index is 13.7. The molecule has 1 rings (SSSR count).